The second-order valence-electron chi connectivity index (χ2n) is 7.06. The standard InChI is InChI=1S/C18H26F2N4O3/c1-5-24(11-17(27)23-18(2,3)4)10-16(26)21-9-15(25)22-12-6-7-13(19)14(20)8-12/h6-8H,5,9-11H2,1-4H3,(H,21,26)(H,22,25)(H,23,27). The van der Waals surface area contributed by atoms with Crippen molar-refractivity contribution in [3.05, 3.63) is 29.8 Å². The summed E-state index contributed by atoms with van der Waals surface area (Å²) >= 11 is 0. The SMILES string of the molecule is CCN(CC(=O)NCC(=O)Nc1ccc(F)c(F)c1)CC(=O)NC(C)(C)C. The van der Waals surface area contributed by atoms with Gasteiger partial charge in [0.05, 0.1) is 19.6 Å². The van der Waals surface area contributed by atoms with Crippen LogP contribution in [-0.2, 0) is 14.4 Å². The quantitative estimate of drug-likeness (QED) is 0.629. The topological polar surface area (TPSA) is 90.5 Å². The fourth-order valence-electron chi connectivity index (χ4n) is 2.16. The van der Waals surface area contributed by atoms with Crippen molar-refractivity contribution in [2.24, 2.45) is 0 Å². The number of carbonyl (C=O) groups excluding carboxylic acids is 3. The van der Waals surface area contributed by atoms with E-state index in [4.69, 9.17) is 0 Å². The van der Waals surface area contributed by atoms with Crippen molar-refractivity contribution in [1.82, 2.24) is 15.5 Å². The Bertz CT molecular complexity index is 690. The highest BCUT2D eigenvalue weighted by Gasteiger charge is 2.18. The zero-order valence-corrected chi connectivity index (χ0v) is 16.0. The highest BCUT2D eigenvalue weighted by Crippen LogP contribution is 2.12. The zero-order chi connectivity index (χ0) is 20.6. The summed E-state index contributed by atoms with van der Waals surface area (Å²) in [7, 11) is 0. The number of rotatable bonds is 8. The molecule has 7 nitrogen and oxygen atoms in total. The first-order chi connectivity index (χ1) is 12.5. The second kappa shape index (κ2) is 9.96. The van der Waals surface area contributed by atoms with Crippen molar-refractivity contribution in [1.29, 1.82) is 0 Å². The van der Waals surface area contributed by atoms with Gasteiger partial charge in [-0.2, -0.15) is 0 Å². The van der Waals surface area contributed by atoms with Crippen LogP contribution in [0.4, 0.5) is 14.5 Å². The molecule has 0 aliphatic rings. The minimum absolute atomic E-state index is 0.0491. The molecule has 0 atom stereocenters. The molecule has 0 spiro atoms. The highest BCUT2D eigenvalue weighted by atomic mass is 19.2. The van der Waals surface area contributed by atoms with E-state index < -0.39 is 23.4 Å². The molecule has 0 aliphatic carbocycles. The Morgan fingerprint density at radius 1 is 1.00 bits per heavy atom. The molecule has 0 fully saturated rings. The summed E-state index contributed by atoms with van der Waals surface area (Å²) in [4.78, 5) is 37.3. The normalized spacial score (nSPS) is 11.2. The highest BCUT2D eigenvalue weighted by molar-refractivity contribution is 5.94. The molecule has 0 heterocycles. The lowest BCUT2D eigenvalue weighted by atomic mass is 10.1. The van der Waals surface area contributed by atoms with Crippen LogP contribution < -0.4 is 16.0 Å². The summed E-state index contributed by atoms with van der Waals surface area (Å²) in [5.41, 5.74) is -0.279. The summed E-state index contributed by atoms with van der Waals surface area (Å²) in [6.45, 7) is 7.55. The second-order valence-corrected chi connectivity index (χ2v) is 7.06. The zero-order valence-electron chi connectivity index (χ0n) is 16.0. The van der Waals surface area contributed by atoms with Gasteiger partial charge in [-0.25, -0.2) is 8.78 Å². The van der Waals surface area contributed by atoms with Crippen molar-refractivity contribution in [2.75, 3.05) is 31.5 Å². The minimum atomic E-state index is -1.08. The van der Waals surface area contributed by atoms with Crippen molar-refractivity contribution in [3.8, 4) is 0 Å². The van der Waals surface area contributed by atoms with Gasteiger partial charge in [-0.3, -0.25) is 19.3 Å². The van der Waals surface area contributed by atoms with Crippen LogP contribution in [0.2, 0.25) is 0 Å². The summed E-state index contributed by atoms with van der Waals surface area (Å²) in [5, 5.41) is 7.58. The molecule has 0 radical (unpaired) electrons. The number of nitrogens with one attached hydrogen (secondary N) is 3. The van der Waals surface area contributed by atoms with Crippen LogP contribution >= 0.6 is 0 Å². The van der Waals surface area contributed by atoms with Gasteiger partial charge < -0.3 is 16.0 Å². The number of benzene rings is 1. The van der Waals surface area contributed by atoms with Gasteiger partial charge in [-0.05, 0) is 39.4 Å². The number of amides is 3. The molecule has 1 aromatic carbocycles. The minimum Gasteiger partial charge on any atom is -0.350 e. The number of nitrogens with zero attached hydrogens (tertiary/aromatic N) is 1. The number of halogens is 2. The molecule has 3 amide bonds. The number of carbonyl (C=O) groups is 3. The lowest BCUT2D eigenvalue weighted by Gasteiger charge is -2.24. The maximum Gasteiger partial charge on any atom is 0.243 e. The summed E-state index contributed by atoms with van der Waals surface area (Å²) in [6.07, 6.45) is 0. The number of likely N-dealkylation sites (N-methyl/N-ethyl adjacent to an activating group) is 1. The van der Waals surface area contributed by atoms with E-state index in [0.717, 1.165) is 12.1 Å². The predicted molar refractivity (Wildman–Crippen MR) is 98.0 cm³/mol. The molecule has 0 saturated heterocycles. The smallest absolute Gasteiger partial charge is 0.243 e. The van der Waals surface area contributed by atoms with Gasteiger partial charge in [0.25, 0.3) is 0 Å². The number of hydrogen-bond acceptors (Lipinski definition) is 4. The van der Waals surface area contributed by atoms with Crippen LogP contribution in [0.25, 0.3) is 0 Å². The molecule has 3 N–H and O–H groups in total. The van der Waals surface area contributed by atoms with E-state index in [1.54, 1.807) is 4.90 Å². The van der Waals surface area contributed by atoms with E-state index in [2.05, 4.69) is 16.0 Å². The van der Waals surface area contributed by atoms with Crippen molar-refractivity contribution < 1.29 is 23.2 Å². The first kappa shape index (κ1) is 22.5. The third-order valence-electron chi connectivity index (χ3n) is 3.35. The Morgan fingerprint density at radius 3 is 2.19 bits per heavy atom. The Kier molecular flexibility index (Phi) is 8.30. The van der Waals surface area contributed by atoms with E-state index in [-0.39, 0.29) is 36.8 Å². The average Bonchev–Trinajstić information content (AvgIpc) is 2.54. The Balaban J connectivity index is 2.42. The van der Waals surface area contributed by atoms with E-state index in [0.29, 0.717) is 6.54 Å². The average molecular weight is 384 g/mol. The third-order valence-corrected chi connectivity index (χ3v) is 3.35. The molecule has 9 heteroatoms. The van der Waals surface area contributed by atoms with Crippen LogP contribution in [0.1, 0.15) is 27.7 Å². The Hall–Kier alpha value is -2.55. The van der Waals surface area contributed by atoms with Gasteiger partial charge in [0.2, 0.25) is 17.7 Å². The molecule has 0 bridgehead atoms. The lowest BCUT2D eigenvalue weighted by Crippen LogP contribution is -2.48. The fourth-order valence-corrected chi connectivity index (χ4v) is 2.16. The Morgan fingerprint density at radius 2 is 1.63 bits per heavy atom. The molecule has 0 aromatic heterocycles. The molecular formula is C18H26F2N4O3. The van der Waals surface area contributed by atoms with Gasteiger partial charge in [-0.15, -0.1) is 0 Å². The van der Waals surface area contributed by atoms with Gasteiger partial charge in [-0.1, -0.05) is 6.92 Å². The largest absolute Gasteiger partial charge is 0.350 e. The van der Waals surface area contributed by atoms with E-state index in [1.807, 2.05) is 27.7 Å². The number of anilines is 1. The van der Waals surface area contributed by atoms with Crippen molar-refractivity contribution in [3.63, 3.8) is 0 Å². The maximum atomic E-state index is 13.1. The van der Waals surface area contributed by atoms with Gasteiger partial charge in [0, 0.05) is 17.3 Å². The van der Waals surface area contributed by atoms with Gasteiger partial charge >= 0.3 is 0 Å². The van der Waals surface area contributed by atoms with Crippen LogP contribution in [-0.4, -0.2) is 54.3 Å². The van der Waals surface area contributed by atoms with Gasteiger partial charge in [0.1, 0.15) is 0 Å². The fraction of sp³-hybridized carbons (Fsp3) is 0.500. The molecule has 0 unspecified atom stereocenters. The molecule has 0 aliphatic heterocycles. The first-order valence-corrected chi connectivity index (χ1v) is 8.55. The first-order valence-electron chi connectivity index (χ1n) is 8.55. The van der Waals surface area contributed by atoms with Crippen LogP contribution in [0.15, 0.2) is 18.2 Å². The Labute approximate surface area is 157 Å². The predicted octanol–water partition coefficient (Wildman–Crippen LogP) is 1.26. The number of hydrogen-bond donors (Lipinski definition) is 3. The summed E-state index contributed by atoms with van der Waals surface area (Å²) in [5.74, 6) is -3.31. The van der Waals surface area contributed by atoms with Crippen LogP contribution in [0, 0.1) is 11.6 Å². The van der Waals surface area contributed by atoms with E-state index in [1.165, 1.54) is 6.07 Å². The maximum absolute atomic E-state index is 13.1. The lowest BCUT2D eigenvalue weighted by molar-refractivity contribution is -0.127. The third kappa shape index (κ3) is 9.09. The van der Waals surface area contributed by atoms with E-state index >= 15 is 0 Å². The van der Waals surface area contributed by atoms with Crippen LogP contribution in [0.3, 0.4) is 0 Å². The molecule has 1 aromatic rings. The molecule has 0 saturated carbocycles. The summed E-state index contributed by atoms with van der Waals surface area (Å²) in [6, 6.07) is 2.96. The molecule has 27 heavy (non-hydrogen) atoms. The van der Waals surface area contributed by atoms with E-state index in [9.17, 15) is 23.2 Å². The van der Waals surface area contributed by atoms with Crippen molar-refractivity contribution in [2.45, 2.75) is 33.2 Å². The summed E-state index contributed by atoms with van der Waals surface area (Å²) < 4.78 is 25.9. The van der Waals surface area contributed by atoms with Gasteiger partial charge in [0.15, 0.2) is 11.6 Å². The van der Waals surface area contributed by atoms with Crippen LogP contribution in [0.5, 0.6) is 0 Å². The molecular weight excluding hydrogens is 358 g/mol. The van der Waals surface area contributed by atoms with Crippen molar-refractivity contribution >= 4 is 23.4 Å². The molecule has 150 valence electrons. The monoisotopic (exact) mass is 384 g/mol. The molecule has 1 rings (SSSR count).